The number of alkyl halides is 4. The summed E-state index contributed by atoms with van der Waals surface area (Å²) < 4.78 is 73.1. The van der Waals surface area contributed by atoms with Crippen molar-refractivity contribution < 1.29 is 46.5 Å². The van der Waals surface area contributed by atoms with Crippen LogP contribution in [0.15, 0.2) is 97.8 Å². The van der Waals surface area contributed by atoms with Crippen molar-refractivity contribution in [3.63, 3.8) is 0 Å². The van der Waals surface area contributed by atoms with Crippen LogP contribution in [0.4, 0.5) is 17.6 Å². The summed E-state index contributed by atoms with van der Waals surface area (Å²) in [6.07, 6.45) is 0.447. The van der Waals surface area contributed by atoms with E-state index in [1.54, 1.807) is 50.2 Å². The van der Waals surface area contributed by atoms with E-state index >= 15 is 0 Å². The number of hydrogen-bond acceptors (Lipinski definition) is 15. The molecule has 1 N–H and O–H groups in total. The Morgan fingerprint density at radius 3 is 1.40 bits per heavy atom. The summed E-state index contributed by atoms with van der Waals surface area (Å²) in [5, 5.41) is 41.2. The van der Waals surface area contributed by atoms with Crippen molar-refractivity contribution in [3.8, 4) is 34.8 Å². The molecule has 20 nitrogen and oxygen atoms in total. The van der Waals surface area contributed by atoms with E-state index in [9.17, 15) is 27.2 Å². The summed E-state index contributed by atoms with van der Waals surface area (Å²) in [6.45, 7) is 3.67. The Labute approximate surface area is 352 Å². The molecular weight excluding hydrogens is 837 g/mol. The number of hydrogen-bond donors (Lipinski definition) is 1. The van der Waals surface area contributed by atoms with Gasteiger partial charge in [-0.05, 0) is 50.2 Å². The predicted octanol–water partition coefficient (Wildman–Crippen LogP) is 5.62. The minimum atomic E-state index is -2.55. The lowest BCUT2D eigenvalue weighted by molar-refractivity contribution is 0.0593. The minimum Gasteiger partial charge on any atom is -0.476 e. The van der Waals surface area contributed by atoms with E-state index in [0.29, 0.717) is 45.8 Å². The summed E-state index contributed by atoms with van der Waals surface area (Å²) in [6, 6.07) is 17.9. The number of nitrogens with zero attached hydrogens (tertiary/aromatic N) is 14. The molecule has 24 heteroatoms. The number of halogens is 4. The quantitative estimate of drug-likeness (QED) is 0.103. The summed E-state index contributed by atoms with van der Waals surface area (Å²) in [7, 11) is 1.27. The average molecular weight is 869 g/mol. The van der Waals surface area contributed by atoms with Crippen molar-refractivity contribution in [1.29, 1.82) is 0 Å². The summed E-state index contributed by atoms with van der Waals surface area (Å²) in [5.74, 6) is -0.418. The zero-order valence-corrected chi connectivity index (χ0v) is 33.1. The van der Waals surface area contributed by atoms with Gasteiger partial charge >= 0.3 is 11.9 Å². The first-order valence-electron chi connectivity index (χ1n) is 18.3. The van der Waals surface area contributed by atoms with Crippen LogP contribution in [0.1, 0.15) is 67.7 Å². The van der Waals surface area contributed by atoms with Crippen molar-refractivity contribution in [2.45, 2.75) is 39.9 Å². The second-order valence-electron chi connectivity index (χ2n) is 13.0. The van der Waals surface area contributed by atoms with Crippen LogP contribution in [0.3, 0.4) is 0 Å². The molecule has 0 saturated heterocycles. The van der Waals surface area contributed by atoms with Gasteiger partial charge in [-0.1, -0.05) is 34.7 Å². The molecule has 0 aliphatic heterocycles. The maximum atomic E-state index is 12.8. The fraction of sp³-hybridized carbons (Fsp3) is 0.179. The lowest BCUT2D eigenvalue weighted by atomic mass is 10.2. The smallest absolute Gasteiger partial charge is 0.358 e. The number of benzene rings is 2. The molecule has 0 unspecified atom stereocenters. The van der Waals surface area contributed by atoms with E-state index in [0.717, 1.165) is 0 Å². The molecule has 0 aliphatic rings. The predicted molar refractivity (Wildman–Crippen MR) is 207 cm³/mol. The van der Waals surface area contributed by atoms with Crippen LogP contribution in [0.5, 0.6) is 11.8 Å². The van der Waals surface area contributed by atoms with Gasteiger partial charge in [-0.25, -0.2) is 46.5 Å². The van der Waals surface area contributed by atoms with E-state index in [-0.39, 0.29) is 47.5 Å². The molecule has 0 fully saturated rings. The highest BCUT2D eigenvalue weighted by atomic mass is 19.3. The number of aromatic nitrogens is 14. The van der Waals surface area contributed by atoms with Crippen molar-refractivity contribution in [3.05, 3.63) is 143 Å². The molecule has 0 spiro atoms. The Morgan fingerprint density at radius 1 is 0.603 bits per heavy atom. The van der Waals surface area contributed by atoms with Crippen LogP contribution < -0.4 is 9.47 Å². The molecule has 0 saturated carbocycles. The highest BCUT2D eigenvalue weighted by Gasteiger charge is 2.17. The number of aromatic carboxylic acids is 1. The third-order valence-corrected chi connectivity index (χ3v) is 8.97. The third-order valence-electron chi connectivity index (χ3n) is 8.97. The van der Waals surface area contributed by atoms with Crippen molar-refractivity contribution in [2.75, 3.05) is 7.11 Å². The van der Waals surface area contributed by atoms with Crippen LogP contribution in [-0.2, 0) is 18.0 Å². The van der Waals surface area contributed by atoms with E-state index in [4.69, 9.17) is 14.6 Å². The molecular formula is C39H32F4N14O6. The zero-order valence-electron chi connectivity index (χ0n) is 33.1. The van der Waals surface area contributed by atoms with E-state index in [1.807, 2.05) is 0 Å². The second kappa shape index (κ2) is 18.9. The van der Waals surface area contributed by atoms with Gasteiger partial charge < -0.3 is 19.3 Å². The van der Waals surface area contributed by atoms with Gasteiger partial charge in [0.05, 0.1) is 29.9 Å². The number of carboxylic acids is 1. The molecule has 6 aromatic heterocycles. The summed E-state index contributed by atoms with van der Waals surface area (Å²) in [4.78, 5) is 30.1. The van der Waals surface area contributed by atoms with Gasteiger partial charge in [0.25, 0.3) is 12.9 Å². The highest BCUT2D eigenvalue weighted by molar-refractivity contribution is 5.87. The first kappa shape index (κ1) is 42.7. The molecule has 0 amide bonds. The largest absolute Gasteiger partial charge is 0.476 e. The molecule has 6 heterocycles. The highest BCUT2D eigenvalue weighted by Crippen LogP contribution is 2.23. The zero-order chi connectivity index (χ0) is 44.6. The maximum absolute atomic E-state index is 12.8. The molecule has 8 rings (SSSR count). The third kappa shape index (κ3) is 9.96. The number of methoxy groups -OCH3 is 1. The number of carbonyl (C=O) groups excluding carboxylic acids is 1. The summed E-state index contributed by atoms with van der Waals surface area (Å²) >= 11 is 0. The first-order chi connectivity index (χ1) is 30.4. The van der Waals surface area contributed by atoms with Crippen molar-refractivity contribution >= 4 is 11.9 Å². The van der Waals surface area contributed by atoms with Gasteiger partial charge in [0.1, 0.15) is 37.3 Å². The number of rotatable bonds is 14. The van der Waals surface area contributed by atoms with Gasteiger partial charge in [-0.15, -0.1) is 30.6 Å². The van der Waals surface area contributed by atoms with E-state index in [1.165, 1.54) is 87.1 Å². The minimum absolute atomic E-state index is 0.0672. The van der Waals surface area contributed by atoms with Crippen LogP contribution in [0.25, 0.3) is 23.0 Å². The lowest BCUT2D eigenvalue weighted by Gasteiger charge is -2.09. The first-order valence-corrected chi connectivity index (χ1v) is 18.3. The fourth-order valence-electron chi connectivity index (χ4n) is 5.58. The van der Waals surface area contributed by atoms with E-state index in [2.05, 4.69) is 55.7 Å². The topological polar surface area (TPSA) is 231 Å². The number of imidazole rings is 2. The number of aryl methyl sites for hydroxylation is 2. The normalized spacial score (nSPS) is 11.1. The fourth-order valence-corrected chi connectivity index (χ4v) is 5.58. The molecule has 2 aromatic carbocycles. The van der Waals surface area contributed by atoms with Crippen LogP contribution in [0.2, 0.25) is 0 Å². The standard InChI is InChI=1S/C20H17F2N7O3.C19H15F2N7O3/c1-12-16(29(27-24-12)14-5-3-13(4-6-14)19(21)22)10-32-18-8-7-17(25-26-18)28-9-15(23-11-28)20(30)31-2;1-11-15(28(26-23-11)13-4-2-12(3-5-13)18(20)21)9-31-17-7-6-16(24-25-17)27-8-14(19(29)30)22-10-27/h3-9,11,19H,10H2,1-2H3;2-8,10,18H,9H2,1H3,(H,29,30). The maximum Gasteiger partial charge on any atom is 0.358 e. The van der Waals surface area contributed by atoms with E-state index < -0.39 is 24.8 Å². The molecule has 0 atom stereocenters. The Hall–Kier alpha value is -8.44. The van der Waals surface area contributed by atoms with Gasteiger partial charge in [0.15, 0.2) is 23.0 Å². The Balaban J connectivity index is 0.000000189. The lowest BCUT2D eigenvalue weighted by Crippen LogP contribution is -2.08. The molecule has 8 aromatic rings. The number of esters is 1. The van der Waals surface area contributed by atoms with Crippen LogP contribution >= 0.6 is 0 Å². The van der Waals surface area contributed by atoms with Crippen LogP contribution in [-0.4, -0.2) is 93.6 Å². The van der Waals surface area contributed by atoms with Gasteiger partial charge in [0, 0.05) is 35.7 Å². The number of ether oxygens (including phenoxy) is 3. The SMILES string of the molecule is COC(=O)c1cn(-c2ccc(OCc3c(C)nnn3-c3ccc(C(F)F)cc3)nn2)cn1.Cc1nnn(-c2ccc(C(F)F)cc2)c1COc1ccc(-n2cnc(C(=O)O)c2)nn1. The average Bonchev–Trinajstić information content (AvgIpc) is 4.13. The van der Waals surface area contributed by atoms with Gasteiger partial charge in [-0.3, -0.25) is 9.13 Å². The van der Waals surface area contributed by atoms with Gasteiger partial charge in [-0.2, -0.15) is 0 Å². The van der Waals surface area contributed by atoms with Crippen molar-refractivity contribution in [2.24, 2.45) is 0 Å². The Kier molecular flexibility index (Phi) is 12.8. The Bertz CT molecular complexity index is 2810. The van der Waals surface area contributed by atoms with Crippen molar-refractivity contribution in [1.82, 2.24) is 69.5 Å². The van der Waals surface area contributed by atoms with Crippen LogP contribution in [0, 0.1) is 13.8 Å². The Morgan fingerprint density at radius 2 is 1.03 bits per heavy atom. The second-order valence-corrected chi connectivity index (χ2v) is 13.0. The monoisotopic (exact) mass is 868 g/mol. The molecule has 322 valence electrons. The molecule has 63 heavy (non-hydrogen) atoms. The molecule has 0 radical (unpaired) electrons. The summed E-state index contributed by atoms with van der Waals surface area (Å²) in [5.41, 5.74) is 3.53. The molecule has 0 aliphatic carbocycles. The molecule has 0 bridgehead atoms. The number of carbonyl (C=O) groups is 2. The number of carboxylic acid groups (broad SMARTS) is 1. The van der Waals surface area contributed by atoms with Gasteiger partial charge in [0.2, 0.25) is 11.8 Å².